The first-order valence-electron chi connectivity index (χ1n) is 8.90. The Bertz CT molecular complexity index is 934. The smallest absolute Gasteiger partial charge is 0.251 e. The van der Waals surface area contributed by atoms with Crippen molar-refractivity contribution in [3.8, 4) is 5.69 Å². The molecular weight excluding hydrogens is 344 g/mol. The molecule has 0 saturated carbocycles. The lowest BCUT2D eigenvalue weighted by atomic mass is 10.2. The molecule has 27 heavy (non-hydrogen) atoms. The molecule has 0 unspecified atom stereocenters. The zero-order chi connectivity index (χ0) is 18.6. The number of amides is 1. The normalized spacial score (nSPS) is 13.7. The largest absolute Gasteiger partial charge is 0.346 e. The van der Waals surface area contributed by atoms with Gasteiger partial charge in [0.25, 0.3) is 5.91 Å². The van der Waals surface area contributed by atoms with Crippen LogP contribution in [0.3, 0.4) is 0 Å². The predicted octanol–water partition coefficient (Wildman–Crippen LogP) is 1.29. The number of carbonyl (C=O) groups excluding carboxylic acids is 1. The van der Waals surface area contributed by atoms with Gasteiger partial charge in [-0.15, -0.1) is 5.10 Å². The van der Waals surface area contributed by atoms with E-state index < -0.39 is 0 Å². The van der Waals surface area contributed by atoms with Crippen LogP contribution < -0.4 is 10.2 Å². The van der Waals surface area contributed by atoms with Crippen LogP contribution in [0.1, 0.15) is 34.6 Å². The summed E-state index contributed by atoms with van der Waals surface area (Å²) >= 11 is 0. The van der Waals surface area contributed by atoms with Crippen molar-refractivity contribution in [2.24, 2.45) is 0 Å². The van der Waals surface area contributed by atoms with E-state index >= 15 is 0 Å². The maximum absolute atomic E-state index is 12.5. The molecule has 3 heterocycles. The van der Waals surface area contributed by atoms with Gasteiger partial charge in [0.15, 0.2) is 0 Å². The minimum Gasteiger partial charge on any atom is -0.346 e. The Morgan fingerprint density at radius 2 is 2.04 bits per heavy atom. The van der Waals surface area contributed by atoms with E-state index in [1.807, 2.05) is 19.1 Å². The average molecular weight is 364 g/mol. The summed E-state index contributed by atoms with van der Waals surface area (Å²) in [6.07, 6.45) is 3.82. The third-order valence-electron chi connectivity index (χ3n) is 4.44. The fraction of sp³-hybridized carbons (Fsp3) is 0.333. The molecule has 3 aromatic rings. The van der Waals surface area contributed by atoms with Crippen LogP contribution in [0.2, 0.25) is 0 Å². The molecule has 0 aliphatic carbocycles. The number of benzene rings is 1. The second kappa shape index (κ2) is 7.48. The van der Waals surface area contributed by atoms with Gasteiger partial charge in [0.1, 0.15) is 6.33 Å². The van der Waals surface area contributed by atoms with Crippen LogP contribution >= 0.6 is 0 Å². The highest BCUT2D eigenvalue weighted by Crippen LogP contribution is 2.17. The topological polar surface area (TPSA) is 102 Å². The van der Waals surface area contributed by atoms with Crippen molar-refractivity contribution in [2.45, 2.75) is 26.3 Å². The van der Waals surface area contributed by atoms with E-state index in [-0.39, 0.29) is 5.91 Å². The molecule has 9 nitrogen and oxygen atoms in total. The first kappa shape index (κ1) is 17.1. The van der Waals surface area contributed by atoms with Gasteiger partial charge < -0.3 is 10.2 Å². The number of aromatic nitrogens is 6. The Hall–Kier alpha value is -3.36. The van der Waals surface area contributed by atoms with Gasteiger partial charge in [0, 0.05) is 24.3 Å². The summed E-state index contributed by atoms with van der Waals surface area (Å²) < 4.78 is 1.51. The maximum Gasteiger partial charge on any atom is 0.251 e. The quantitative estimate of drug-likeness (QED) is 0.728. The van der Waals surface area contributed by atoms with Crippen LogP contribution in [-0.2, 0) is 6.54 Å². The Balaban J connectivity index is 1.46. The molecule has 1 fully saturated rings. The van der Waals surface area contributed by atoms with E-state index in [0.29, 0.717) is 12.1 Å². The molecule has 0 spiro atoms. The fourth-order valence-electron chi connectivity index (χ4n) is 3.11. The number of rotatable bonds is 5. The lowest BCUT2D eigenvalue weighted by Crippen LogP contribution is -2.25. The van der Waals surface area contributed by atoms with Crippen LogP contribution in [0.5, 0.6) is 0 Å². The highest BCUT2D eigenvalue weighted by molar-refractivity contribution is 5.94. The summed E-state index contributed by atoms with van der Waals surface area (Å²) in [5, 5.41) is 14.0. The van der Waals surface area contributed by atoms with Gasteiger partial charge in [-0.3, -0.25) is 4.79 Å². The molecule has 1 aliphatic heterocycles. The van der Waals surface area contributed by atoms with Crippen LogP contribution in [0, 0.1) is 6.92 Å². The summed E-state index contributed by atoms with van der Waals surface area (Å²) in [4.78, 5) is 23.9. The number of hydrogen-bond donors (Lipinski definition) is 1. The van der Waals surface area contributed by atoms with E-state index in [0.717, 1.165) is 36.1 Å². The highest BCUT2D eigenvalue weighted by atomic mass is 16.1. The minimum atomic E-state index is -0.177. The lowest BCUT2D eigenvalue weighted by Gasteiger charge is -2.16. The van der Waals surface area contributed by atoms with E-state index in [2.05, 4.69) is 35.7 Å². The van der Waals surface area contributed by atoms with Crippen LogP contribution in [-0.4, -0.2) is 49.2 Å². The van der Waals surface area contributed by atoms with Crippen molar-refractivity contribution >= 4 is 11.9 Å². The SMILES string of the molecule is Cc1cc(CNC(=O)c2cccc(-n3cnnn3)c2)nc(N2CCCC2)n1. The molecule has 4 rings (SSSR count). The van der Waals surface area contributed by atoms with Crippen LogP contribution in [0.25, 0.3) is 5.69 Å². The molecule has 1 aromatic carbocycles. The van der Waals surface area contributed by atoms with Gasteiger partial charge in [-0.25, -0.2) is 14.6 Å². The van der Waals surface area contributed by atoms with E-state index in [1.54, 1.807) is 18.2 Å². The summed E-state index contributed by atoms with van der Waals surface area (Å²) in [6.45, 7) is 4.26. The van der Waals surface area contributed by atoms with E-state index in [1.165, 1.54) is 23.9 Å². The number of tetrazole rings is 1. The van der Waals surface area contributed by atoms with Gasteiger partial charge in [-0.2, -0.15) is 0 Å². The molecule has 2 aromatic heterocycles. The Kier molecular flexibility index (Phi) is 4.73. The zero-order valence-corrected chi connectivity index (χ0v) is 15.0. The van der Waals surface area contributed by atoms with Crippen LogP contribution in [0.4, 0.5) is 5.95 Å². The van der Waals surface area contributed by atoms with Gasteiger partial charge in [0.2, 0.25) is 5.95 Å². The maximum atomic E-state index is 12.5. The van der Waals surface area contributed by atoms with Gasteiger partial charge in [0.05, 0.1) is 17.9 Å². The number of nitrogens with zero attached hydrogens (tertiary/aromatic N) is 7. The van der Waals surface area contributed by atoms with Gasteiger partial charge in [-0.05, 0) is 54.5 Å². The number of anilines is 1. The summed E-state index contributed by atoms with van der Waals surface area (Å²) in [5.41, 5.74) is 2.96. The van der Waals surface area contributed by atoms with Crippen LogP contribution in [0.15, 0.2) is 36.7 Å². The number of hydrogen-bond acceptors (Lipinski definition) is 7. The number of carbonyl (C=O) groups is 1. The standard InChI is InChI=1S/C18H20N8O/c1-13-9-15(22-18(21-13)25-7-2-3-8-25)11-19-17(27)14-5-4-6-16(10-14)26-12-20-23-24-26/h4-6,9-10,12H,2-3,7-8,11H2,1H3,(H,19,27). The summed E-state index contributed by atoms with van der Waals surface area (Å²) in [5.74, 6) is 0.571. The van der Waals surface area contributed by atoms with Crippen molar-refractivity contribution in [2.75, 3.05) is 18.0 Å². The van der Waals surface area contributed by atoms with Crippen molar-refractivity contribution < 1.29 is 4.79 Å². The lowest BCUT2D eigenvalue weighted by molar-refractivity contribution is 0.0950. The molecule has 9 heteroatoms. The number of nitrogens with one attached hydrogen (secondary N) is 1. The van der Waals surface area contributed by atoms with Crippen molar-refractivity contribution in [1.82, 2.24) is 35.5 Å². The first-order valence-corrected chi connectivity index (χ1v) is 8.90. The van der Waals surface area contributed by atoms with E-state index in [9.17, 15) is 4.79 Å². The predicted molar refractivity (Wildman–Crippen MR) is 98.5 cm³/mol. The van der Waals surface area contributed by atoms with Crippen molar-refractivity contribution in [3.63, 3.8) is 0 Å². The average Bonchev–Trinajstić information content (AvgIpc) is 3.39. The summed E-state index contributed by atoms with van der Waals surface area (Å²) in [6, 6.07) is 9.03. The van der Waals surface area contributed by atoms with Crippen molar-refractivity contribution in [3.05, 3.63) is 53.6 Å². The molecule has 1 N–H and O–H groups in total. The number of aryl methyl sites for hydroxylation is 1. The monoisotopic (exact) mass is 364 g/mol. The Morgan fingerprint density at radius 1 is 1.19 bits per heavy atom. The molecule has 1 saturated heterocycles. The van der Waals surface area contributed by atoms with Gasteiger partial charge in [-0.1, -0.05) is 6.07 Å². The Labute approximate surface area is 156 Å². The molecular formula is C18H20N8O. The third kappa shape index (κ3) is 3.91. The summed E-state index contributed by atoms with van der Waals surface area (Å²) in [7, 11) is 0. The second-order valence-electron chi connectivity index (χ2n) is 6.48. The minimum absolute atomic E-state index is 0.177. The molecule has 1 amide bonds. The third-order valence-corrected chi connectivity index (χ3v) is 4.44. The molecule has 0 bridgehead atoms. The zero-order valence-electron chi connectivity index (χ0n) is 15.0. The second-order valence-corrected chi connectivity index (χ2v) is 6.48. The Morgan fingerprint density at radius 3 is 2.81 bits per heavy atom. The molecule has 0 atom stereocenters. The molecule has 0 radical (unpaired) electrons. The fourth-order valence-corrected chi connectivity index (χ4v) is 3.11. The van der Waals surface area contributed by atoms with Gasteiger partial charge >= 0.3 is 0 Å². The molecule has 138 valence electrons. The molecule has 1 aliphatic rings. The van der Waals surface area contributed by atoms with E-state index in [4.69, 9.17) is 0 Å². The highest BCUT2D eigenvalue weighted by Gasteiger charge is 2.16. The first-order chi connectivity index (χ1) is 13.2. The van der Waals surface area contributed by atoms with Crippen molar-refractivity contribution in [1.29, 1.82) is 0 Å².